The van der Waals surface area contributed by atoms with Gasteiger partial charge in [-0.05, 0) is 25.0 Å². The minimum absolute atomic E-state index is 0.0458. The second kappa shape index (κ2) is 7.06. The van der Waals surface area contributed by atoms with E-state index in [1.165, 1.54) is 12.1 Å². The van der Waals surface area contributed by atoms with Gasteiger partial charge in [-0.15, -0.1) is 0 Å². The number of carbonyl (C=O) groups excluding carboxylic acids is 1. The summed E-state index contributed by atoms with van der Waals surface area (Å²) in [5.74, 6) is -0.697. The molecule has 1 aliphatic heterocycles. The van der Waals surface area contributed by atoms with Crippen LogP contribution in [0.4, 0.5) is 4.39 Å². The molecule has 1 aromatic rings. The average Bonchev–Trinajstić information content (AvgIpc) is 2.45. The van der Waals surface area contributed by atoms with Crippen molar-refractivity contribution < 1.29 is 22.3 Å². The number of nitrogens with one attached hydrogen (secondary N) is 1. The van der Waals surface area contributed by atoms with Crippen molar-refractivity contribution in [1.82, 2.24) is 9.62 Å². The van der Waals surface area contributed by atoms with E-state index >= 15 is 0 Å². The van der Waals surface area contributed by atoms with Crippen molar-refractivity contribution in [2.75, 3.05) is 26.0 Å². The number of hydrogen-bond donors (Lipinski definition) is 1. The maximum absolute atomic E-state index is 13.4. The minimum Gasteiger partial charge on any atom is -0.481 e. The molecule has 0 spiro atoms. The number of rotatable bonds is 5. The van der Waals surface area contributed by atoms with E-state index < -0.39 is 15.8 Å². The number of nitrogens with zero attached hydrogens (tertiary/aromatic N) is 1. The fourth-order valence-electron chi connectivity index (χ4n) is 2.34. The number of amides is 1. The molecule has 1 N–H and O–H groups in total. The van der Waals surface area contributed by atoms with Crippen molar-refractivity contribution in [1.29, 1.82) is 0 Å². The Hall–Kier alpha value is -1.67. The number of hydrogen-bond acceptors (Lipinski definition) is 4. The molecule has 8 heteroatoms. The van der Waals surface area contributed by atoms with Crippen molar-refractivity contribution in [3.8, 4) is 5.75 Å². The molecule has 0 aliphatic carbocycles. The second-order valence-corrected chi connectivity index (χ2v) is 7.04. The molecule has 1 aromatic carbocycles. The highest BCUT2D eigenvalue weighted by molar-refractivity contribution is 7.88. The molecule has 1 saturated heterocycles. The number of para-hydroxylation sites is 1. The summed E-state index contributed by atoms with van der Waals surface area (Å²) in [5, 5.41) is 0. The molecular formula is C14H19FN2O4S. The Morgan fingerprint density at radius 3 is 2.59 bits per heavy atom. The van der Waals surface area contributed by atoms with Crippen molar-refractivity contribution >= 4 is 15.9 Å². The van der Waals surface area contributed by atoms with Crippen LogP contribution >= 0.6 is 0 Å². The first-order valence-corrected chi connectivity index (χ1v) is 8.87. The van der Waals surface area contributed by atoms with Gasteiger partial charge in [0.05, 0.1) is 6.26 Å². The van der Waals surface area contributed by atoms with E-state index in [-0.39, 0.29) is 24.3 Å². The molecule has 1 aliphatic rings. The molecule has 0 atom stereocenters. The van der Waals surface area contributed by atoms with E-state index in [2.05, 4.69) is 4.72 Å². The third kappa shape index (κ3) is 4.96. The average molecular weight is 330 g/mol. The van der Waals surface area contributed by atoms with E-state index in [0.717, 1.165) is 6.26 Å². The van der Waals surface area contributed by atoms with E-state index in [4.69, 9.17) is 4.74 Å². The summed E-state index contributed by atoms with van der Waals surface area (Å²) in [7, 11) is -3.23. The van der Waals surface area contributed by atoms with E-state index in [0.29, 0.717) is 25.9 Å². The highest BCUT2D eigenvalue weighted by atomic mass is 32.2. The number of ether oxygens (including phenoxy) is 1. The maximum Gasteiger partial charge on any atom is 0.260 e. The van der Waals surface area contributed by atoms with Crippen LogP contribution in [0.5, 0.6) is 5.75 Å². The van der Waals surface area contributed by atoms with Crippen LogP contribution in [0, 0.1) is 5.82 Å². The normalized spacial score (nSPS) is 16.5. The molecule has 1 fully saturated rings. The van der Waals surface area contributed by atoms with Crippen molar-refractivity contribution in [3.63, 3.8) is 0 Å². The quantitative estimate of drug-likeness (QED) is 0.864. The van der Waals surface area contributed by atoms with E-state index in [1.54, 1.807) is 17.0 Å². The molecule has 1 heterocycles. The van der Waals surface area contributed by atoms with Gasteiger partial charge in [0.15, 0.2) is 18.2 Å². The topological polar surface area (TPSA) is 75.7 Å². The van der Waals surface area contributed by atoms with Crippen molar-refractivity contribution in [3.05, 3.63) is 30.1 Å². The monoisotopic (exact) mass is 330 g/mol. The van der Waals surface area contributed by atoms with Crippen LogP contribution in [0.3, 0.4) is 0 Å². The standard InChI is InChI=1S/C14H19FN2O4S/c1-22(19,20)16-11-6-8-17(9-7-11)14(18)10-21-13-5-3-2-4-12(13)15/h2-5,11,16H,6-10H2,1H3. The number of benzene rings is 1. The molecule has 0 saturated carbocycles. The molecule has 0 unspecified atom stereocenters. The summed E-state index contributed by atoms with van der Waals surface area (Å²) < 4.78 is 43.4. The van der Waals surface area contributed by atoms with Gasteiger partial charge in [-0.2, -0.15) is 0 Å². The Morgan fingerprint density at radius 2 is 2.00 bits per heavy atom. The lowest BCUT2D eigenvalue weighted by atomic mass is 10.1. The molecule has 22 heavy (non-hydrogen) atoms. The fourth-order valence-corrected chi connectivity index (χ4v) is 3.18. The second-order valence-electron chi connectivity index (χ2n) is 5.26. The van der Waals surface area contributed by atoms with E-state index in [1.807, 2.05) is 0 Å². The summed E-state index contributed by atoms with van der Waals surface area (Å²) in [5.41, 5.74) is 0. The summed E-state index contributed by atoms with van der Waals surface area (Å²) in [6.45, 7) is 0.671. The van der Waals surface area contributed by atoms with Gasteiger partial charge in [-0.1, -0.05) is 12.1 Å². The molecule has 6 nitrogen and oxygen atoms in total. The Bertz CT molecular complexity index is 627. The first-order valence-electron chi connectivity index (χ1n) is 6.97. The summed E-state index contributed by atoms with van der Waals surface area (Å²) in [4.78, 5) is 13.6. The lowest BCUT2D eigenvalue weighted by Gasteiger charge is -2.31. The highest BCUT2D eigenvalue weighted by Crippen LogP contribution is 2.16. The largest absolute Gasteiger partial charge is 0.481 e. The van der Waals surface area contributed by atoms with Gasteiger partial charge >= 0.3 is 0 Å². The Balaban J connectivity index is 1.79. The first-order chi connectivity index (χ1) is 10.3. The Morgan fingerprint density at radius 1 is 1.36 bits per heavy atom. The number of sulfonamides is 1. The van der Waals surface area contributed by atoms with Crippen LogP contribution in [-0.2, 0) is 14.8 Å². The molecule has 1 amide bonds. The van der Waals surface area contributed by atoms with Gasteiger partial charge in [0.25, 0.3) is 5.91 Å². The zero-order valence-corrected chi connectivity index (χ0v) is 13.1. The number of halogens is 1. The molecular weight excluding hydrogens is 311 g/mol. The van der Waals surface area contributed by atoms with Crippen LogP contribution < -0.4 is 9.46 Å². The lowest BCUT2D eigenvalue weighted by Crippen LogP contribution is -2.47. The van der Waals surface area contributed by atoms with Gasteiger partial charge in [-0.25, -0.2) is 17.5 Å². The zero-order chi connectivity index (χ0) is 16.2. The van der Waals surface area contributed by atoms with Gasteiger partial charge in [-0.3, -0.25) is 4.79 Å². The van der Waals surface area contributed by atoms with E-state index in [9.17, 15) is 17.6 Å². The molecule has 0 radical (unpaired) electrons. The van der Waals surface area contributed by atoms with Gasteiger partial charge in [0, 0.05) is 19.1 Å². The zero-order valence-electron chi connectivity index (χ0n) is 12.3. The number of likely N-dealkylation sites (tertiary alicyclic amines) is 1. The molecule has 0 bridgehead atoms. The molecule has 122 valence electrons. The smallest absolute Gasteiger partial charge is 0.260 e. The third-order valence-corrected chi connectivity index (χ3v) is 4.18. The van der Waals surface area contributed by atoms with Crippen LogP contribution in [0.25, 0.3) is 0 Å². The van der Waals surface area contributed by atoms with Crippen LogP contribution in [0.2, 0.25) is 0 Å². The molecule has 2 rings (SSSR count). The SMILES string of the molecule is CS(=O)(=O)NC1CCN(C(=O)COc2ccccc2F)CC1. The fraction of sp³-hybridized carbons (Fsp3) is 0.500. The van der Waals surface area contributed by atoms with Crippen LogP contribution in [-0.4, -0.2) is 51.2 Å². The predicted molar refractivity (Wildman–Crippen MR) is 79.5 cm³/mol. The third-order valence-electron chi connectivity index (χ3n) is 3.42. The number of piperidine rings is 1. The summed E-state index contributed by atoms with van der Waals surface area (Å²) in [6, 6.07) is 5.76. The Kier molecular flexibility index (Phi) is 5.36. The van der Waals surface area contributed by atoms with Crippen LogP contribution in [0.15, 0.2) is 24.3 Å². The maximum atomic E-state index is 13.4. The summed E-state index contributed by atoms with van der Waals surface area (Å²) >= 11 is 0. The summed E-state index contributed by atoms with van der Waals surface area (Å²) in [6.07, 6.45) is 2.23. The van der Waals surface area contributed by atoms with Crippen LogP contribution in [0.1, 0.15) is 12.8 Å². The van der Waals surface area contributed by atoms with Gasteiger partial charge in [0.1, 0.15) is 0 Å². The van der Waals surface area contributed by atoms with Crippen molar-refractivity contribution in [2.24, 2.45) is 0 Å². The molecule has 0 aromatic heterocycles. The Labute approximate surface area is 129 Å². The minimum atomic E-state index is -3.23. The first kappa shape index (κ1) is 16.7. The lowest BCUT2D eigenvalue weighted by molar-refractivity contribution is -0.134. The van der Waals surface area contributed by atoms with Crippen molar-refractivity contribution in [2.45, 2.75) is 18.9 Å². The number of carbonyl (C=O) groups is 1. The van der Waals surface area contributed by atoms with Gasteiger partial charge in [0.2, 0.25) is 10.0 Å². The van der Waals surface area contributed by atoms with Gasteiger partial charge < -0.3 is 9.64 Å². The highest BCUT2D eigenvalue weighted by Gasteiger charge is 2.24. The predicted octanol–water partition coefficient (Wildman–Crippen LogP) is 0.745.